The van der Waals surface area contributed by atoms with Crippen LogP contribution in [0.5, 0.6) is 0 Å². The minimum atomic E-state index is -0.677. The SMILES string of the molecule is Cc1ccc(NC(=O)c2nn(-c3ccccc3[N+](=O)[O-])c(C)cc2=O)c(C)c1. The maximum Gasteiger partial charge on any atom is 0.294 e. The zero-order valence-electron chi connectivity index (χ0n) is 15.6. The summed E-state index contributed by atoms with van der Waals surface area (Å²) in [6.07, 6.45) is 0. The monoisotopic (exact) mass is 378 g/mol. The zero-order valence-corrected chi connectivity index (χ0v) is 15.6. The van der Waals surface area contributed by atoms with Crippen molar-refractivity contribution in [2.24, 2.45) is 0 Å². The summed E-state index contributed by atoms with van der Waals surface area (Å²) in [5.41, 5.74) is 1.92. The first-order valence-corrected chi connectivity index (χ1v) is 8.51. The molecule has 3 aromatic rings. The number of nitrogens with one attached hydrogen (secondary N) is 1. The van der Waals surface area contributed by atoms with Gasteiger partial charge < -0.3 is 5.32 Å². The Morgan fingerprint density at radius 3 is 2.50 bits per heavy atom. The van der Waals surface area contributed by atoms with E-state index in [-0.39, 0.29) is 17.1 Å². The number of nitrogens with zero attached hydrogens (tertiary/aromatic N) is 3. The Bertz CT molecular complexity index is 1150. The molecule has 0 aliphatic carbocycles. The van der Waals surface area contributed by atoms with Gasteiger partial charge in [-0.1, -0.05) is 29.8 Å². The van der Waals surface area contributed by atoms with E-state index in [1.807, 2.05) is 26.0 Å². The van der Waals surface area contributed by atoms with Crippen molar-refractivity contribution in [2.45, 2.75) is 20.8 Å². The number of nitro benzene ring substituents is 1. The number of aromatic nitrogens is 2. The summed E-state index contributed by atoms with van der Waals surface area (Å²) in [4.78, 5) is 35.8. The van der Waals surface area contributed by atoms with Gasteiger partial charge in [0, 0.05) is 23.5 Å². The number of hydrogen-bond donors (Lipinski definition) is 1. The molecule has 0 radical (unpaired) electrons. The molecule has 0 saturated carbocycles. The van der Waals surface area contributed by atoms with Gasteiger partial charge in [-0.15, -0.1) is 0 Å². The first-order chi connectivity index (χ1) is 13.3. The lowest BCUT2D eigenvalue weighted by Gasteiger charge is -2.12. The molecule has 142 valence electrons. The highest BCUT2D eigenvalue weighted by Gasteiger charge is 2.20. The van der Waals surface area contributed by atoms with Gasteiger partial charge in [-0.2, -0.15) is 5.10 Å². The van der Waals surface area contributed by atoms with E-state index in [2.05, 4.69) is 10.4 Å². The zero-order chi connectivity index (χ0) is 20.4. The minimum Gasteiger partial charge on any atom is -0.320 e. The van der Waals surface area contributed by atoms with E-state index >= 15 is 0 Å². The number of hydrogen-bond acceptors (Lipinski definition) is 5. The van der Waals surface area contributed by atoms with Gasteiger partial charge in [0.25, 0.3) is 11.6 Å². The van der Waals surface area contributed by atoms with Gasteiger partial charge >= 0.3 is 0 Å². The van der Waals surface area contributed by atoms with Gasteiger partial charge in [0.1, 0.15) is 5.69 Å². The normalized spacial score (nSPS) is 10.5. The number of aryl methyl sites for hydroxylation is 3. The number of benzene rings is 2. The predicted molar refractivity (Wildman–Crippen MR) is 105 cm³/mol. The predicted octanol–water partition coefficient (Wildman–Crippen LogP) is 3.32. The summed E-state index contributed by atoms with van der Waals surface area (Å²) in [7, 11) is 0. The topological polar surface area (TPSA) is 107 Å². The quantitative estimate of drug-likeness (QED) is 0.553. The van der Waals surface area contributed by atoms with Crippen LogP contribution in [0, 0.1) is 30.9 Å². The van der Waals surface area contributed by atoms with Crippen LogP contribution in [0.2, 0.25) is 0 Å². The maximum atomic E-state index is 12.7. The van der Waals surface area contributed by atoms with Crippen molar-refractivity contribution >= 4 is 17.3 Å². The van der Waals surface area contributed by atoms with Crippen molar-refractivity contribution in [3.63, 3.8) is 0 Å². The Morgan fingerprint density at radius 1 is 1.11 bits per heavy atom. The molecule has 1 N–H and O–H groups in total. The second kappa shape index (κ2) is 7.43. The second-order valence-electron chi connectivity index (χ2n) is 6.43. The van der Waals surface area contributed by atoms with E-state index in [9.17, 15) is 19.7 Å². The van der Waals surface area contributed by atoms with E-state index in [1.165, 1.54) is 28.9 Å². The Hall–Kier alpha value is -3.81. The Kier molecular flexibility index (Phi) is 5.04. The minimum absolute atomic E-state index is 0.172. The molecule has 0 fully saturated rings. The Balaban J connectivity index is 2.06. The Morgan fingerprint density at radius 2 is 1.82 bits per heavy atom. The summed E-state index contributed by atoms with van der Waals surface area (Å²) < 4.78 is 1.23. The molecule has 0 bridgehead atoms. The Labute approximate surface area is 160 Å². The molecule has 0 aliphatic rings. The average Bonchev–Trinajstić information content (AvgIpc) is 2.64. The van der Waals surface area contributed by atoms with Crippen LogP contribution in [0.1, 0.15) is 27.3 Å². The third-order valence-electron chi connectivity index (χ3n) is 4.26. The van der Waals surface area contributed by atoms with Gasteiger partial charge in [0.15, 0.2) is 5.69 Å². The first-order valence-electron chi connectivity index (χ1n) is 8.51. The molecule has 0 saturated heterocycles. The third kappa shape index (κ3) is 3.66. The van der Waals surface area contributed by atoms with Gasteiger partial charge in [0.05, 0.1) is 4.92 Å². The highest BCUT2D eigenvalue weighted by molar-refractivity contribution is 6.03. The lowest BCUT2D eigenvalue weighted by atomic mass is 10.1. The fraction of sp³-hybridized carbons (Fsp3) is 0.150. The number of carbonyl (C=O) groups excluding carboxylic acids is 1. The number of nitro groups is 1. The summed E-state index contributed by atoms with van der Waals surface area (Å²) in [6.45, 7) is 5.37. The van der Waals surface area contributed by atoms with Crippen LogP contribution in [-0.4, -0.2) is 20.6 Å². The van der Waals surface area contributed by atoms with E-state index in [1.54, 1.807) is 19.1 Å². The fourth-order valence-corrected chi connectivity index (χ4v) is 2.88. The lowest BCUT2D eigenvalue weighted by Crippen LogP contribution is -2.27. The number of amides is 1. The molecule has 1 aromatic heterocycles. The van der Waals surface area contributed by atoms with Gasteiger partial charge in [-0.05, 0) is 38.5 Å². The molecule has 0 aliphatic heterocycles. The fourth-order valence-electron chi connectivity index (χ4n) is 2.88. The molecule has 3 rings (SSSR count). The lowest BCUT2D eigenvalue weighted by molar-refractivity contribution is -0.384. The van der Waals surface area contributed by atoms with Crippen LogP contribution in [0.15, 0.2) is 53.3 Å². The number of carbonyl (C=O) groups is 1. The second-order valence-corrected chi connectivity index (χ2v) is 6.43. The van der Waals surface area contributed by atoms with Gasteiger partial charge in [-0.25, -0.2) is 4.68 Å². The van der Waals surface area contributed by atoms with E-state index in [0.717, 1.165) is 11.1 Å². The summed E-state index contributed by atoms with van der Waals surface area (Å²) in [5, 5.41) is 18.1. The molecule has 1 heterocycles. The molecular formula is C20H18N4O4. The number of para-hydroxylation sites is 2. The molecule has 8 heteroatoms. The highest BCUT2D eigenvalue weighted by atomic mass is 16.6. The highest BCUT2D eigenvalue weighted by Crippen LogP contribution is 2.22. The van der Waals surface area contributed by atoms with E-state index in [0.29, 0.717) is 11.4 Å². The molecule has 0 spiro atoms. The smallest absolute Gasteiger partial charge is 0.294 e. The summed E-state index contributed by atoms with van der Waals surface area (Å²) in [5.74, 6) is -0.677. The van der Waals surface area contributed by atoms with Gasteiger partial charge in [-0.3, -0.25) is 19.7 Å². The average molecular weight is 378 g/mol. The molecule has 0 unspecified atom stereocenters. The van der Waals surface area contributed by atoms with Crippen molar-refractivity contribution in [3.8, 4) is 5.69 Å². The first kappa shape index (κ1) is 19.0. The molecule has 0 atom stereocenters. The largest absolute Gasteiger partial charge is 0.320 e. The summed E-state index contributed by atoms with van der Waals surface area (Å²) in [6, 6.07) is 12.7. The van der Waals surface area contributed by atoms with Crippen LogP contribution < -0.4 is 10.7 Å². The van der Waals surface area contributed by atoms with Crippen molar-refractivity contribution in [1.29, 1.82) is 0 Å². The van der Waals surface area contributed by atoms with Crippen LogP contribution in [-0.2, 0) is 0 Å². The van der Waals surface area contributed by atoms with E-state index < -0.39 is 16.3 Å². The molecular weight excluding hydrogens is 360 g/mol. The van der Waals surface area contributed by atoms with Crippen molar-refractivity contribution < 1.29 is 9.72 Å². The van der Waals surface area contributed by atoms with Gasteiger partial charge in [0.2, 0.25) is 5.43 Å². The summed E-state index contributed by atoms with van der Waals surface area (Å²) >= 11 is 0. The molecule has 28 heavy (non-hydrogen) atoms. The molecule has 1 amide bonds. The number of rotatable bonds is 4. The van der Waals surface area contributed by atoms with Crippen LogP contribution in [0.25, 0.3) is 5.69 Å². The van der Waals surface area contributed by atoms with Crippen LogP contribution >= 0.6 is 0 Å². The molecule has 8 nitrogen and oxygen atoms in total. The van der Waals surface area contributed by atoms with Crippen molar-refractivity contribution in [3.05, 3.63) is 91.4 Å². The third-order valence-corrected chi connectivity index (χ3v) is 4.26. The number of anilines is 1. The van der Waals surface area contributed by atoms with E-state index in [4.69, 9.17) is 0 Å². The van der Waals surface area contributed by atoms with Crippen LogP contribution in [0.3, 0.4) is 0 Å². The van der Waals surface area contributed by atoms with Crippen molar-refractivity contribution in [1.82, 2.24) is 9.78 Å². The molecule has 2 aromatic carbocycles. The van der Waals surface area contributed by atoms with Crippen LogP contribution in [0.4, 0.5) is 11.4 Å². The standard InChI is InChI=1S/C20H18N4O4/c1-12-8-9-15(13(2)10-12)21-20(26)19-18(25)11-14(3)23(22-19)16-6-4-5-7-17(16)24(27)28/h4-11H,1-3H3,(H,21,26). The van der Waals surface area contributed by atoms with Crippen molar-refractivity contribution in [2.75, 3.05) is 5.32 Å². The maximum absolute atomic E-state index is 12.7.